The van der Waals surface area contributed by atoms with Crippen LogP contribution in [-0.4, -0.2) is 23.4 Å². The third-order valence-corrected chi connectivity index (χ3v) is 3.63. The van der Waals surface area contributed by atoms with E-state index in [4.69, 9.17) is 5.11 Å². The molecule has 1 aliphatic rings. The van der Waals surface area contributed by atoms with Crippen LogP contribution >= 0.6 is 11.8 Å². The van der Waals surface area contributed by atoms with Gasteiger partial charge in [-0.15, -0.1) is 11.8 Å². The topological polar surface area (TPSA) is 49.3 Å². The summed E-state index contributed by atoms with van der Waals surface area (Å²) >= 11 is 1.76. The molecule has 15 heavy (non-hydrogen) atoms. The molecular weight excluding hydrogens is 210 g/mol. The second-order valence-corrected chi connectivity index (χ2v) is 4.81. The first-order valence-electron chi connectivity index (χ1n) is 4.87. The lowest BCUT2D eigenvalue weighted by molar-refractivity contribution is 0.0695. The van der Waals surface area contributed by atoms with E-state index in [1.54, 1.807) is 17.8 Å². The number of hydrogen-bond donors (Lipinski definition) is 2. The highest BCUT2D eigenvalue weighted by atomic mass is 32.2. The number of rotatable bonds is 2. The van der Waals surface area contributed by atoms with Crippen LogP contribution in [-0.2, 0) is 0 Å². The lowest BCUT2D eigenvalue weighted by Crippen LogP contribution is -2.15. The van der Waals surface area contributed by atoms with Gasteiger partial charge in [-0.05, 0) is 18.6 Å². The smallest absolute Gasteiger partial charge is 0.336 e. The SMILES string of the molecule is Cc1ccc(C(=O)O)c(C2NCCS2)c1. The van der Waals surface area contributed by atoms with E-state index in [0.717, 1.165) is 23.4 Å². The molecule has 1 unspecified atom stereocenters. The molecule has 1 aliphatic heterocycles. The molecule has 1 aromatic carbocycles. The summed E-state index contributed by atoms with van der Waals surface area (Å²) in [6.07, 6.45) is 0. The Morgan fingerprint density at radius 2 is 2.40 bits per heavy atom. The summed E-state index contributed by atoms with van der Waals surface area (Å²) in [6.45, 7) is 2.93. The van der Waals surface area contributed by atoms with Crippen LogP contribution < -0.4 is 5.32 Å². The third-order valence-electron chi connectivity index (χ3n) is 2.44. The number of thioether (sulfide) groups is 1. The second-order valence-electron chi connectivity index (χ2n) is 3.60. The van der Waals surface area contributed by atoms with E-state index < -0.39 is 5.97 Å². The van der Waals surface area contributed by atoms with Crippen molar-refractivity contribution in [3.8, 4) is 0 Å². The van der Waals surface area contributed by atoms with Crippen LogP contribution in [0.3, 0.4) is 0 Å². The zero-order valence-corrected chi connectivity index (χ0v) is 9.30. The maximum Gasteiger partial charge on any atom is 0.336 e. The Bertz CT molecular complexity index is 386. The summed E-state index contributed by atoms with van der Waals surface area (Å²) in [6, 6.07) is 5.49. The average molecular weight is 223 g/mol. The van der Waals surface area contributed by atoms with Gasteiger partial charge in [0.05, 0.1) is 10.9 Å². The summed E-state index contributed by atoms with van der Waals surface area (Å²) in [7, 11) is 0. The van der Waals surface area contributed by atoms with Gasteiger partial charge in [0.2, 0.25) is 0 Å². The van der Waals surface area contributed by atoms with E-state index in [1.165, 1.54) is 0 Å². The van der Waals surface area contributed by atoms with Gasteiger partial charge in [0.15, 0.2) is 0 Å². The van der Waals surface area contributed by atoms with Gasteiger partial charge < -0.3 is 10.4 Å². The van der Waals surface area contributed by atoms with Gasteiger partial charge in [-0.25, -0.2) is 4.79 Å². The summed E-state index contributed by atoms with van der Waals surface area (Å²) in [4.78, 5) is 11.1. The van der Waals surface area contributed by atoms with E-state index in [0.29, 0.717) is 5.56 Å². The van der Waals surface area contributed by atoms with Crippen molar-refractivity contribution in [3.05, 3.63) is 34.9 Å². The summed E-state index contributed by atoms with van der Waals surface area (Å²) in [5.41, 5.74) is 2.40. The van der Waals surface area contributed by atoms with Gasteiger partial charge >= 0.3 is 5.97 Å². The zero-order chi connectivity index (χ0) is 10.8. The number of hydrogen-bond acceptors (Lipinski definition) is 3. The second kappa shape index (κ2) is 4.24. The fourth-order valence-electron chi connectivity index (χ4n) is 1.72. The predicted octanol–water partition coefficient (Wildman–Crippen LogP) is 2.03. The number of aryl methyl sites for hydroxylation is 1. The number of nitrogens with one attached hydrogen (secondary N) is 1. The Morgan fingerprint density at radius 1 is 1.60 bits per heavy atom. The lowest BCUT2D eigenvalue weighted by Gasteiger charge is -2.13. The van der Waals surface area contributed by atoms with E-state index >= 15 is 0 Å². The van der Waals surface area contributed by atoms with Crippen molar-refractivity contribution in [2.45, 2.75) is 12.3 Å². The monoisotopic (exact) mass is 223 g/mol. The molecule has 1 fully saturated rings. The minimum Gasteiger partial charge on any atom is -0.478 e. The highest BCUT2D eigenvalue weighted by molar-refractivity contribution is 7.99. The summed E-state index contributed by atoms with van der Waals surface area (Å²) in [5, 5.41) is 12.5. The number of carboxylic acid groups (broad SMARTS) is 1. The standard InChI is InChI=1S/C11H13NO2S/c1-7-2-3-8(11(13)14)9(6-7)10-12-4-5-15-10/h2-3,6,10,12H,4-5H2,1H3,(H,13,14). The maximum absolute atomic E-state index is 11.1. The van der Waals surface area contributed by atoms with Crippen LogP contribution in [0.4, 0.5) is 0 Å². The molecule has 0 amide bonds. The Labute approximate surface area is 92.9 Å². The molecule has 1 saturated heterocycles. The molecule has 0 aliphatic carbocycles. The van der Waals surface area contributed by atoms with Gasteiger partial charge in [-0.3, -0.25) is 0 Å². The Morgan fingerprint density at radius 3 is 3.00 bits per heavy atom. The van der Waals surface area contributed by atoms with E-state index in [1.807, 2.05) is 19.1 Å². The van der Waals surface area contributed by atoms with Crippen LogP contribution in [0.2, 0.25) is 0 Å². The third kappa shape index (κ3) is 2.16. The molecule has 0 spiro atoms. The van der Waals surface area contributed by atoms with Crippen molar-refractivity contribution in [2.75, 3.05) is 12.3 Å². The van der Waals surface area contributed by atoms with Crippen LogP contribution in [0, 0.1) is 6.92 Å². The molecule has 1 atom stereocenters. The Balaban J connectivity index is 2.41. The average Bonchev–Trinajstić information content (AvgIpc) is 2.69. The summed E-state index contributed by atoms with van der Waals surface area (Å²) in [5.74, 6) is 0.191. The largest absolute Gasteiger partial charge is 0.478 e. The Hall–Kier alpha value is -1.00. The van der Waals surface area contributed by atoms with E-state index in [2.05, 4.69) is 5.32 Å². The van der Waals surface area contributed by atoms with Crippen molar-refractivity contribution in [1.82, 2.24) is 5.32 Å². The maximum atomic E-state index is 11.1. The molecule has 0 radical (unpaired) electrons. The zero-order valence-electron chi connectivity index (χ0n) is 8.49. The van der Waals surface area contributed by atoms with Gasteiger partial charge in [-0.2, -0.15) is 0 Å². The lowest BCUT2D eigenvalue weighted by atomic mass is 10.0. The minimum atomic E-state index is -0.848. The quantitative estimate of drug-likeness (QED) is 0.805. The fraction of sp³-hybridized carbons (Fsp3) is 0.364. The highest BCUT2D eigenvalue weighted by Gasteiger charge is 2.22. The van der Waals surface area contributed by atoms with Gasteiger partial charge in [0, 0.05) is 12.3 Å². The predicted molar refractivity (Wildman–Crippen MR) is 61.3 cm³/mol. The molecule has 4 heteroatoms. The molecule has 0 bridgehead atoms. The van der Waals surface area contributed by atoms with Crippen LogP contribution in [0.25, 0.3) is 0 Å². The van der Waals surface area contributed by atoms with Crippen LogP contribution in [0.1, 0.15) is 26.9 Å². The minimum absolute atomic E-state index is 0.135. The first-order valence-corrected chi connectivity index (χ1v) is 5.92. The Kier molecular flexibility index (Phi) is 2.98. The fourth-order valence-corrected chi connectivity index (χ4v) is 2.80. The first kappa shape index (κ1) is 10.5. The van der Waals surface area contributed by atoms with Gasteiger partial charge in [0.1, 0.15) is 0 Å². The molecule has 3 nitrogen and oxygen atoms in total. The van der Waals surface area contributed by atoms with E-state index in [-0.39, 0.29) is 5.37 Å². The number of aromatic carboxylic acids is 1. The van der Waals surface area contributed by atoms with Crippen LogP contribution in [0.15, 0.2) is 18.2 Å². The molecular formula is C11H13NO2S. The number of carboxylic acids is 1. The first-order chi connectivity index (χ1) is 7.18. The molecule has 80 valence electrons. The number of carbonyl (C=O) groups is 1. The molecule has 1 aromatic rings. The number of benzene rings is 1. The van der Waals surface area contributed by atoms with Crippen LogP contribution in [0.5, 0.6) is 0 Å². The normalized spacial score (nSPS) is 20.5. The molecule has 0 aromatic heterocycles. The van der Waals surface area contributed by atoms with Crippen molar-refractivity contribution >= 4 is 17.7 Å². The van der Waals surface area contributed by atoms with Crippen molar-refractivity contribution in [3.63, 3.8) is 0 Å². The summed E-state index contributed by atoms with van der Waals surface area (Å²) < 4.78 is 0. The van der Waals surface area contributed by atoms with Gasteiger partial charge in [-0.1, -0.05) is 17.7 Å². The van der Waals surface area contributed by atoms with Gasteiger partial charge in [0.25, 0.3) is 0 Å². The molecule has 0 saturated carbocycles. The van der Waals surface area contributed by atoms with Crippen molar-refractivity contribution in [2.24, 2.45) is 0 Å². The van der Waals surface area contributed by atoms with E-state index in [9.17, 15) is 4.79 Å². The molecule has 2 rings (SSSR count). The molecule has 2 N–H and O–H groups in total. The molecule has 1 heterocycles. The van der Waals surface area contributed by atoms with Crippen molar-refractivity contribution < 1.29 is 9.90 Å². The van der Waals surface area contributed by atoms with Crippen molar-refractivity contribution in [1.29, 1.82) is 0 Å². The highest BCUT2D eigenvalue weighted by Crippen LogP contribution is 2.32.